The van der Waals surface area contributed by atoms with Gasteiger partial charge in [0.15, 0.2) is 0 Å². The number of ether oxygens (including phenoxy) is 1. The molecule has 1 amide bonds. The number of alkyl carbamates (subject to hydrolysis) is 1. The van der Waals surface area contributed by atoms with E-state index in [9.17, 15) is 13.2 Å². The average Bonchev–Trinajstić information content (AvgIpc) is 2.33. The molecular formula is C14H18ClNO4S. The first-order valence-corrected chi connectivity index (χ1v) is 9.31. The van der Waals surface area contributed by atoms with E-state index in [2.05, 4.69) is 5.32 Å². The van der Waals surface area contributed by atoms with Crippen molar-refractivity contribution in [3.63, 3.8) is 0 Å². The zero-order valence-electron chi connectivity index (χ0n) is 11.5. The van der Waals surface area contributed by atoms with E-state index in [0.29, 0.717) is 0 Å². The maximum Gasteiger partial charge on any atom is 0.407 e. The highest BCUT2D eigenvalue weighted by atomic mass is 35.7. The third kappa shape index (κ3) is 5.55. The van der Waals surface area contributed by atoms with Crippen LogP contribution in [0.4, 0.5) is 4.79 Å². The Balaban J connectivity index is 1.85. The number of amides is 1. The second-order valence-corrected chi connectivity index (χ2v) is 8.03. The molecule has 0 radical (unpaired) electrons. The van der Waals surface area contributed by atoms with Crippen LogP contribution in [-0.4, -0.2) is 26.3 Å². The molecule has 0 bridgehead atoms. The Morgan fingerprint density at radius 3 is 2.52 bits per heavy atom. The molecule has 5 nitrogen and oxygen atoms in total. The molecule has 0 aromatic heterocycles. The largest absolute Gasteiger partial charge is 0.445 e. The molecule has 1 saturated carbocycles. The highest BCUT2D eigenvalue weighted by molar-refractivity contribution is 8.13. The monoisotopic (exact) mass is 331 g/mol. The Hall–Kier alpha value is -1.27. The number of halogens is 1. The van der Waals surface area contributed by atoms with Crippen molar-refractivity contribution in [3.05, 3.63) is 35.9 Å². The van der Waals surface area contributed by atoms with Gasteiger partial charge in [0.05, 0.1) is 11.8 Å². The van der Waals surface area contributed by atoms with Crippen molar-refractivity contribution in [2.24, 2.45) is 5.92 Å². The fourth-order valence-corrected chi connectivity index (χ4v) is 3.46. The third-order valence-corrected chi connectivity index (χ3v) is 4.75. The summed E-state index contributed by atoms with van der Waals surface area (Å²) in [6.45, 7) is 0.150. The molecule has 21 heavy (non-hydrogen) atoms. The fourth-order valence-electron chi connectivity index (χ4n) is 2.27. The summed E-state index contributed by atoms with van der Waals surface area (Å²) in [5, 5.41) is 2.62. The van der Waals surface area contributed by atoms with Crippen molar-refractivity contribution in [3.8, 4) is 0 Å². The van der Waals surface area contributed by atoms with Gasteiger partial charge in [-0.25, -0.2) is 13.2 Å². The third-order valence-electron chi connectivity index (χ3n) is 3.61. The molecule has 1 N–H and O–H groups in total. The first-order chi connectivity index (χ1) is 9.94. The van der Waals surface area contributed by atoms with E-state index in [0.717, 1.165) is 24.8 Å². The zero-order valence-corrected chi connectivity index (χ0v) is 13.1. The quantitative estimate of drug-likeness (QED) is 0.813. The fraction of sp³-hybridized carbons (Fsp3) is 0.500. The van der Waals surface area contributed by atoms with Gasteiger partial charge in [0.1, 0.15) is 6.61 Å². The Morgan fingerprint density at radius 1 is 1.33 bits per heavy atom. The smallest absolute Gasteiger partial charge is 0.407 e. The molecule has 1 aliphatic rings. The SMILES string of the molecule is O=C(NC(CS(=O)(=O)Cl)C1CCC1)OCc1ccccc1. The lowest BCUT2D eigenvalue weighted by molar-refractivity contribution is 0.127. The maximum atomic E-state index is 11.8. The highest BCUT2D eigenvalue weighted by Crippen LogP contribution is 2.30. The molecule has 1 fully saturated rings. The van der Waals surface area contributed by atoms with Crippen LogP contribution in [0.15, 0.2) is 30.3 Å². The number of hydrogen-bond donors (Lipinski definition) is 1. The summed E-state index contributed by atoms with van der Waals surface area (Å²) in [6, 6.07) is 8.80. The van der Waals surface area contributed by atoms with Crippen LogP contribution in [0.3, 0.4) is 0 Å². The molecule has 0 heterocycles. The van der Waals surface area contributed by atoms with Gasteiger partial charge in [0.25, 0.3) is 0 Å². The van der Waals surface area contributed by atoms with Crippen LogP contribution < -0.4 is 5.32 Å². The van der Waals surface area contributed by atoms with Crippen molar-refractivity contribution in [2.75, 3.05) is 5.75 Å². The standard InChI is InChI=1S/C14H18ClNO4S/c15-21(18,19)10-13(12-7-4-8-12)16-14(17)20-9-11-5-2-1-3-6-11/h1-3,5-6,12-13H,4,7-10H2,(H,16,17). The molecule has 1 aliphatic carbocycles. The Labute approximate surface area is 129 Å². The molecule has 0 saturated heterocycles. The molecule has 1 atom stereocenters. The highest BCUT2D eigenvalue weighted by Gasteiger charge is 2.32. The second-order valence-electron chi connectivity index (χ2n) is 5.21. The minimum absolute atomic E-state index is 0.150. The van der Waals surface area contributed by atoms with Crippen LogP contribution in [-0.2, 0) is 20.4 Å². The summed E-state index contributed by atoms with van der Waals surface area (Å²) < 4.78 is 27.5. The van der Waals surface area contributed by atoms with Gasteiger partial charge in [0.2, 0.25) is 9.05 Å². The number of hydrogen-bond acceptors (Lipinski definition) is 4. The van der Waals surface area contributed by atoms with E-state index in [4.69, 9.17) is 15.4 Å². The summed E-state index contributed by atoms with van der Waals surface area (Å²) >= 11 is 0. The normalized spacial score (nSPS) is 16.8. The molecule has 1 unspecified atom stereocenters. The molecular weight excluding hydrogens is 314 g/mol. The Bertz CT molecular complexity index is 572. The average molecular weight is 332 g/mol. The van der Waals surface area contributed by atoms with E-state index in [1.165, 1.54) is 0 Å². The molecule has 7 heteroatoms. The van der Waals surface area contributed by atoms with Crippen molar-refractivity contribution < 1.29 is 17.9 Å². The van der Waals surface area contributed by atoms with Crippen molar-refractivity contribution in [1.29, 1.82) is 0 Å². The summed E-state index contributed by atoms with van der Waals surface area (Å²) in [5.74, 6) is -0.109. The van der Waals surface area contributed by atoms with Gasteiger partial charge in [-0.3, -0.25) is 0 Å². The number of carbonyl (C=O) groups is 1. The molecule has 0 aliphatic heterocycles. The van der Waals surface area contributed by atoms with E-state index < -0.39 is 21.2 Å². The van der Waals surface area contributed by atoms with E-state index in [1.807, 2.05) is 30.3 Å². The topological polar surface area (TPSA) is 72.5 Å². The minimum Gasteiger partial charge on any atom is -0.445 e. The second kappa shape index (κ2) is 7.13. The van der Waals surface area contributed by atoms with Crippen LogP contribution in [0.1, 0.15) is 24.8 Å². The minimum atomic E-state index is -3.66. The number of nitrogens with one attached hydrogen (secondary N) is 1. The number of rotatable bonds is 6. The maximum absolute atomic E-state index is 11.8. The molecule has 2 rings (SSSR count). The predicted octanol–water partition coefficient (Wildman–Crippen LogP) is 2.65. The Morgan fingerprint density at radius 2 is 2.00 bits per heavy atom. The lowest BCUT2D eigenvalue weighted by Crippen LogP contribution is -2.46. The first kappa shape index (κ1) is 16.1. The van der Waals surface area contributed by atoms with Crippen LogP contribution in [0.5, 0.6) is 0 Å². The summed E-state index contributed by atoms with van der Waals surface area (Å²) in [6.07, 6.45) is 2.23. The molecule has 0 spiro atoms. The number of carbonyl (C=O) groups excluding carboxylic acids is 1. The zero-order chi connectivity index (χ0) is 15.3. The van der Waals surface area contributed by atoms with Gasteiger partial charge in [-0.2, -0.15) is 0 Å². The predicted molar refractivity (Wildman–Crippen MR) is 80.5 cm³/mol. The summed E-state index contributed by atoms with van der Waals surface area (Å²) in [7, 11) is 1.63. The molecule has 116 valence electrons. The van der Waals surface area contributed by atoms with Crippen LogP contribution in [0.2, 0.25) is 0 Å². The van der Waals surface area contributed by atoms with Crippen LogP contribution in [0, 0.1) is 5.92 Å². The van der Waals surface area contributed by atoms with Gasteiger partial charge in [0, 0.05) is 10.7 Å². The van der Waals surface area contributed by atoms with Gasteiger partial charge in [-0.15, -0.1) is 0 Å². The van der Waals surface area contributed by atoms with Gasteiger partial charge in [-0.05, 0) is 24.3 Å². The van der Waals surface area contributed by atoms with Crippen molar-refractivity contribution in [2.45, 2.75) is 31.9 Å². The van der Waals surface area contributed by atoms with Crippen LogP contribution in [0.25, 0.3) is 0 Å². The summed E-state index contributed by atoms with van der Waals surface area (Å²) in [4.78, 5) is 11.8. The van der Waals surface area contributed by atoms with Gasteiger partial charge >= 0.3 is 6.09 Å². The van der Waals surface area contributed by atoms with Crippen LogP contribution >= 0.6 is 10.7 Å². The first-order valence-electron chi connectivity index (χ1n) is 6.83. The lowest BCUT2D eigenvalue weighted by atomic mass is 9.80. The van der Waals surface area contributed by atoms with Gasteiger partial charge in [-0.1, -0.05) is 36.8 Å². The summed E-state index contributed by atoms with van der Waals surface area (Å²) in [5.41, 5.74) is 0.873. The Kier molecular flexibility index (Phi) is 5.47. The lowest BCUT2D eigenvalue weighted by Gasteiger charge is -2.33. The van der Waals surface area contributed by atoms with E-state index >= 15 is 0 Å². The van der Waals surface area contributed by atoms with Crippen molar-refractivity contribution >= 4 is 25.8 Å². The number of benzene rings is 1. The molecule has 1 aromatic rings. The van der Waals surface area contributed by atoms with Gasteiger partial charge < -0.3 is 10.1 Å². The van der Waals surface area contributed by atoms with E-state index in [1.54, 1.807) is 0 Å². The van der Waals surface area contributed by atoms with Crippen molar-refractivity contribution in [1.82, 2.24) is 5.32 Å². The molecule has 1 aromatic carbocycles. The van der Waals surface area contributed by atoms with E-state index in [-0.39, 0.29) is 18.3 Å².